The zero-order valence-corrected chi connectivity index (χ0v) is 25.5. The molecule has 9 nitrogen and oxygen atoms in total. The van der Waals surface area contributed by atoms with Crippen LogP contribution in [0, 0.1) is 0 Å². The van der Waals surface area contributed by atoms with Crippen LogP contribution in [0.1, 0.15) is 41.7 Å². The average Bonchev–Trinajstić information content (AvgIpc) is 3.92. The highest BCUT2D eigenvalue weighted by atomic mass is 16.5. The van der Waals surface area contributed by atoms with E-state index in [1.54, 1.807) is 107 Å². The molecule has 1 fully saturated rings. The van der Waals surface area contributed by atoms with E-state index in [4.69, 9.17) is 38.1 Å². The molecule has 0 radical (unpaired) electrons. The third-order valence-electron chi connectivity index (χ3n) is 7.34. The highest BCUT2D eigenvalue weighted by molar-refractivity contribution is 6.04. The first-order chi connectivity index (χ1) is 22.0. The zero-order chi connectivity index (χ0) is 31.3. The predicted octanol–water partition coefficient (Wildman–Crippen LogP) is 8.69. The number of esters is 1. The number of pyridine rings is 1. The van der Waals surface area contributed by atoms with Crippen molar-refractivity contribution < 1.29 is 38.0 Å². The molecule has 1 saturated carbocycles. The Labute approximate surface area is 261 Å². The van der Waals surface area contributed by atoms with Crippen LogP contribution in [0.25, 0.3) is 10.9 Å². The lowest BCUT2D eigenvalue weighted by Crippen LogP contribution is -2.12. The van der Waals surface area contributed by atoms with Crippen molar-refractivity contribution in [3.63, 3.8) is 0 Å². The summed E-state index contributed by atoms with van der Waals surface area (Å²) >= 11 is 0. The van der Waals surface area contributed by atoms with Gasteiger partial charge in [-0.25, -0.2) is 4.79 Å². The van der Waals surface area contributed by atoms with E-state index in [0.29, 0.717) is 62.6 Å². The molecule has 6 rings (SSSR count). The van der Waals surface area contributed by atoms with Crippen molar-refractivity contribution in [2.75, 3.05) is 27.9 Å². The highest BCUT2D eigenvalue weighted by Crippen LogP contribution is 2.51. The highest BCUT2D eigenvalue weighted by Gasteiger charge is 2.36. The largest absolute Gasteiger partial charge is 0.497 e. The predicted molar refractivity (Wildman–Crippen MR) is 169 cm³/mol. The first-order valence-corrected chi connectivity index (χ1v) is 14.6. The van der Waals surface area contributed by atoms with Crippen LogP contribution in [-0.4, -0.2) is 38.9 Å². The van der Waals surface area contributed by atoms with E-state index in [2.05, 4.69) is 0 Å². The number of fused-ring (bicyclic) bond motifs is 1. The fourth-order valence-electron chi connectivity index (χ4n) is 4.92. The van der Waals surface area contributed by atoms with Crippen LogP contribution in [0.4, 0.5) is 0 Å². The molecule has 45 heavy (non-hydrogen) atoms. The van der Waals surface area contributed by atoms with Crippen molar-refractivity contribution in [1.29, 1.82) is 0 Å². The molecule has 0 aliphatic heterocycles. The molecule has 9 heteroatoms. The van der Waals surface area contributed by atoms with Gasteiger partial charge in [-0.05, 0) is 105 Å². The van der Waals surface area contributed by atoms with Gasteiger partial charge in [-0.2, -0.15) is 0 Å². The molecule has 0 spiro atoms. The normalized spacial score (nSPS) is 12.4. The van der Waals surface area contributed by atoms with Gasteiger partial charge >= 0.3 is 5.97 Å². The Bertz CT molecular complexity index is 1800. The van der Waals surface area contributed by atoms with Gasteiger partial charge in [0, 0.05) is 5.92 Å². The van der Waals surface area contributed by atoms with Crippen LogP contribution >= 0.6 is 0 Å². The van der Waals surface area contributed by atoms with Gasteiger partial charge in [0.25, 0.3) is 0 Å². The molecule has 1 aliphatic carbocycles. The monoisotopic (exact) mass is 607 g/mol. The summed E-state index contributed by atoms with van der Waals surface area (Å²) in [6.07, 6.45) is 1.83. The third kappa shape index (κ3) is 6.43. The number of hydrogen-bond donors (Lipinski definition) is 0. The molecule has 1 heterocycles. The van der Waals surface area contributed by atoms with E-state index in [1.165, 1.54) is 0 Å². The van der Waals surface area contributed by atoms with Gasteiger partial charge in [-0.1, -0.05) is 0 Å². The maximum atomic E-state index is 13.7. The molecule has 230 valence electrons. The van der Waals surface area contributed by atoms with E-state index in [9.17, 15) is 4.79 Å². The number of aromatic nitrogens is 1. The van der Waals surface area contributed by atoms with Crippen LogP contribution in [0.5, 0.6) is 51.7 Å². The fraction of sp³-hybridized carbons (Fsp3) is 0.222. The Morgan fingerprint density at radius 1 is 0.644 bits per heavy atom. The number of carbonyl (C=O) groups excluding carboxylic acids is 1. The summed E-state index contributed by atoms with van der Waals surface area (Å²) in [6, 6.07) is 25.2. The molecule has 0 amide bonds. The van der Waals surface area contributed by atoms with E-state index in [-0.39, 0.29) is 23.8 Å². The second-order valence-electron chi connectivity index (χ2n) is 10.3. The van der Waals surface area contributed by atoms with Crippen molar-refractivity contribution in [3.05, 3.63) is 96.2 Å². The molecule has 0 bridgehead atoms. The molecule has 5 aromatic rings. The molecule has 0 N–H and O–H groups in total. The minimum absolute atomic E-state index is 0.119. The smallest absolute Gasteiger partial charge is 0.343 e. The van der Waals surface area contributed by atoms with Crippen molar-refractivity contribution >= 4 is 16.9 Å². The van der Waals surface area contributed by atoms with Crippen LogP contribution < -0.4 is 28.4 Å². The number of hydrogen-bond acceptors (Lipinski definition) is 9. The van der Waals surface area contributed by atoms with Crippen LogP contribution in [0.2, 0.25) is 0 Å². The number of methoxy groups -OCH3 is 3. The van der Waals surface area contributed by atoms with Crippen LogP contribution in [0.3, 0.4) is 0 Å². The molecule has 1 aromatic heterocycles. The first-order valence-electron chi connectivity index (χ1n) is 14.6. The van der Waals surface area contributed by atoms with Gasteiger partial charge in [0.15, 0.2) is 17.2 Å². The van der Waals surface area contributed by atoms with Crippen molar-refractivity contribution in [1.82, 2.24) is 4.98 Å². The van der Waals surface area contributed by atoms with Gasteiger partial charge in [0.2, 0.25) is 0 Å². The van der Waals surface area contributed by atoms with Gasteiger partial charge in [0.05, 0.1) is 44.5 Å². The molecule has 0 unspecified atom stereocenters. The Morgan fingerprint density at radius 2 is 1.11 bits per heavy atom. The van der Waals surface area contributed by atoms with Gasteiger partial charge < -0.3 is 33.2 Å². The summed E-state index contributed by atoms with van der Waals surface area (Å²) in [7, 11) is 4.80. The molecular weight excluding hydrogens is 574 g/mol. The van der Waals surface area contributed by atoms with Crippen LogP contribution in [0.15, 0.2) is 84.9 Å². The molecule has 1 aliphatic rings. The number of benzene rings is 4. The Kier molecular flexibility index (Phi) is 8.59. The molecule has 0 atom stereocenters. The van der Waals surface area contributed by atoms with E-state index >= 15 is 0 Å². The zero-order valence-electron chi connectivity index (χ0n) is 25.5. The standard InChI is InChI=1S/C36H33NO8/c1-5-42-36(38)32-33(22-6-7-22)37-29-20-21-30(43-26-14-8-23(39-2)9-15-26)34(44-27-16-10-24(40-3)11-17-27)31(29)35(32)45-28-18-12-25(41-4)13-19-28/h8-22H,5-7H2,1-4H3. The topological polar surface area (TPSA) is 94.6 Å². The Balaban J connectivity index is 1.60. The number of ether oxygens (including phenoxy) is 7. The lowest BCUT2D eigenvalue weighted by atomic mass is 10.0. The average molecular weight is 608 g/mol. The fourth-order valence-corrected chi connectivity index (χ4v) is 4.92. The minimum Gasteiger partial charge on any atom is -0.497 e. The second kappa shape index (κ2) is 13.1. The minimum atomic E-state index is -0.519. The molecular formula is C36H33NO8. The van der Waals surface area contributed by atoms with Gasteiger partial charge in [0.1, 0.15) is 40.1 Å². The van der Waals surface area contributed by atoms with Crippen molar-refractivity contribution in [2.24, 2.45) is 0 Å². The maximum Gasteiger partial charge on any atom is 0.343 e. The van der Waals surface area contributed by atoms with E-state index < -0.39 is 5.97 Å². The first kappa shape index (κ1) is 29.6. The second-order valence-corrected chi connectivity index (χ2v) is 10.3. The lowest BCUT2D eigenvalue weighted by molar-refractivity contribution is 0.0522. The number of carbonyl (C=O) groups is 1. The maximum absolute atomic E-state index is 13.7. The lowest BCUT2D eigenvalue weighted by Gasteiger charge is -2.21. The van der Waals surface area contributed by atoms with E-state index in [0.717, 1.165) is 12.8 Å². The Morgan fingerprint density at radius 3 is 1.58 bits per heavy atom. The summed E-state index contributed by atoms with van der Waals surface area (Å²) in [5.74, 6) is 4.19. The number of rotatable bonds is 12. The van der Waals surface area contributed by atoms with Gasteiger partial charge in [-0.3, -0.25) is 4.98 Å². The summed E-state index contributed by atoms with van der Waals surface area (Å²) in [5.41, 5.74) is 1.49. The van der Waals surface area contributed by atoms with E-state index in [1.807, 2.05) is 6.07 Å². The quantitative estimate of drug-likeness (QED) is 0.129. The number of nitrogens with zero attached hydrogens (tertiary/aromatic N) is 1. The summed E-state index contributed by atoms with van der Waals surface area (Å²) < 4.78 is 41.1. The van der Waals surface area contributed by atoms with Crippen molar-refractivity contribution in [3.8, 4) is 51.7 Å². The summed E-state index contributed by atoms with van der Waals surface area (Å²) in [6.45, 7) is 1.96. The van der Waals surface area contributed by atoms with Gasteiger partial charge in [-0.15, -0.1) is 0 Å². The van der Waals surface area contributed by atoms with Crippen molar-refractivity contribution in [2.45, 2.75) is 25.7 Å². The summed E-state index contributed by atoms with van der Waals surface area (Å²) in [4.78, 5) is 18.7. The SMILES string of the molecule is CCOC(=O)c1c(C2CC2)nc2ccc(Oc3ccc(OC)cc3)c(Oc3ccc(OC)cc3)c2c1Oc1ccc(OC)cc1. The molecule has 4 aromatic carbocycles. The molecule has 0 saturated heterocycles. The summed E-state index contributed by atoms with van der Waals surface area (Å²) in [5, 5.41) is 0.458. The Hall–Kier alpha value is -5.44. The third-order valence-corrected chi connectivity index (χ3v) is 7.34. The van der Waals surface area contributed by atoms with Crippen LogP contribution in [-0.2, 0) is 4.74 Å².